The molecule has 0 saturated heterocycles. The summed E-state index contributed by atoms with van der Waals surface area (Å²) >= 11 is 2.00. The molecule has 4 bridgehead atoms. The molecule has 30 heavy (non-hydrogen) atoms. The lowest BCUT2D eigenvalue weighted by molar-refractivity contribution is -0.144. The molecule has 0 spiro atoms. The highest BCUT2D eigenvalue weighted by Crippen LogP contribution is 2.68. The Morgan fingerprint density at radius 2 is 1.77 bits per heavy atom. The third kappa shape index (κ3) is 3.68. The highest BCUT2D eigenvalue weighted by atomic mass is 32.2. The maximum absolute atomic E-state index is 13.3. The number of benzene rings is 1. The van der Waals surface area contributed by atoms with Crippen LogP contribution in [0.2, 0.25) is 0 Å². The molecule has 0 aromatic heterocycles. The van der Waals surface area contributed by atoms with Crippen LogP contribution in [-0.4, -0.2) is 30.2 Å². The molecule has 0 heterocycles. The van der Waals surface area contributed by atoms with Crippen LogP contribution in [0.15, 0.2) is 35.3 Å². The number of nitrogens with two attached hydrogens (primary N) is 1. The summed E-state index contributed by atoms with van der Waals surface area (Å²) in [5.74, 6) is 3.02. The Balaban J connectivity index is 1.37. The largest absolute Gasteiger partial charge is 0.328 e. The van der Waals surface area contributed by atoms with Crippen molar-refractivity contribution < 1.29 is 4.79 Å². The van der Waals surface area contributed by atoms with Gasteiger partial charge in [0.15, 0.2) is 0 Å². The first kappa shape index (κ1) is 20.8. The lowest BCUT2D eigenvalue weighted by atomic mass is 9.40. The van der Waals surface area contributed by atoms with Crippen LogP contribution in [0, 0.1) is 29.1 Å². The summed E-state index contributed by atoms with van der Waals surface area (Å²) in [6, 6.07) is 11.5. The number of amides is 1. The van der Waals surface area contributed by atoms with Crippen LogP contribution >= 0.6 is 11.8 Å². The van der Waals surface area contributed by atoms with Crippen LogP contribution < -0.4 is 5.73 Å². The standard InChI is InChI=1S/C26H36N2OS/c1-30-17-25-11-19-13-26(16-25,21-5-3-2-4-6-21)14-20(12-25)23(19)24(29)28-15-18-7-9-22(27)10-8-18/h2-6,15,18-20,22-23H,7-14,16-17,27H2,1H3. The summed E-state index contributed by atoms with van der Waals surface area (Å²) in [5.41, 5.74) is 8.24. The summed E-state index contributed by atoms with van der Waals surface area (Å²) in [6.07, 6.45) is 14.7. The quantitative estimate of drug-likeness (QED) is 0.659. The molecule has 5 aliphatic carbocycles. The maximum Gasteiger partial charge on any atom is 0.249 e. The molecule has 162 valence electrons. The first-order chi connectivity index (χ1) is 14.5. The van der Waals surface area contributed by atoms with E-state index in [-0.39, 0.29) is 17.2 Å². The fourth-order valence-corrected chi connectivity index (χ4v) is 8.84. The first-order valence-corrected chi connectivity index (χ1v) is 13.3. The third-order valence-electron chi connectivity index (χ3n) is 8.78. The predicted octanol–water partition coefficient (Wildman–Crippen LogP) is 5.23. The molecule has 5 fully saturated rings. The van der Waals surface area contributed by atoms with E-state index >= 15 is 0 Å². The molecule has 2 unspecified atom stereocenters. The number of hydrogen-bond acceptors (Lipinski definition) is 3. The molecule has 5 aliphatic rings. The maximum atomic E-state index is 13.3. The molecular formula is C26H36N2OS. The molecule has 1 amide bonds. The number of rotatable bonds is 5. The van der Waals surface area contributed by atoms with Crippen molar-refractivity contribution in [3.8, 4) is 0 Å². The average molecular weight is 425 g/mol. The number of nitrogens with zero attached hydrogens (tertiary/aromatic N) is 1. The summed E-state index contributed by atoms with van der Waals surface area (Å²) in [6.45, 7) is 0. The smallest absolute Gasteiger partial charge is 0.249 e. The Morgan fingerprint density at radius 1 is 1.10 bits per heavy atom. The van der Waals surface area contributed by atoms with Crippen molar-refractivity contribution in [3.05, 3.63) is 35.9 Å². The normalized spacial score (nSPS) is 42.7. The van der Waals surface area contributed by atoms with E-state index in [2.05, 4.69) is 41.6 Å². The molecule has 0 radical (unpaired) electrons. The monoisotopic (exact) mass is 424 g/mol. The van der Waals surface area contributed by atoms with Gasteiger partial charge in [-0.3, -0.25) is 4.79 Å². The summed E-state index contributed by atoms with van der Waals surface area (Å²) in [7, 11) is 0. The molecule has 0 aliphatic heterocycles. The van der Waals surface area contributed by atoms with Crippen LogP contribution in [0.4, 0.5) is 0 Å². The molecule has 2 N–H and O–H groups in total. The molecule has 1 aromatic rings. The second kappa shape index (κ2) is 8.09. The van der Waals surface area contributed by atoms with Gasteiger partial charge in [-0.1, -0.05) is 30.3 Å². The molecule has 1 aromatic carbocycles. The van der Waals surface area contributed by atoms with Gasteiger partial charge in [-0.25, -0.2) is 4.99 Å². The predicted molar refractivity (Wildman–Crippen MR) is 126 cm³/mol. The molecular weight excluding hydrogens is 388 g/mol. The Hall–Kier alpha value is -1.13. The summed E-state index contributed by atoms with van der Waals surface area (Å²) in [5, 5.41) is 0. The zero-order chi connectivity index (χ0) is 20.8. The van der Waals surface area contributed by atoms with Crippen molar-refractivity contribution in [1.29, 1.82) is 0 Å². The van der Waals surface area contributed by atoms with Gasteiger partial charge >= 0.3 is 0 Å². The highest BCUT2D eigenvalue weighted by molar-refractivity contribution is 7.98. The number of thioether (sulfide) groups is 1. The fourth-order valence-electron chi connectivity index (χ4n) is 7.89. The third-order valence-corrected chi connectivity index (χ3v) is 9.68. The first-order valence-electron chi connectivity index (χ1n) is 11.9. The van der Waals surface area contributed by atoms with Gasteiger partial charge in [-0.2, -0.15) is 11.8 Å². The van der Waals surface area contributed by atoms with Gasteiger partial charge in [-0.05, 0) is 104 Å². The minimum Gasteiger partial charge on any atom is -0.328 e. The Morgan fingerprint density at radius 3 is 2.40 bits per heavy atom. The molecule has 4 heteroatoms. The minimum absolute atomic E-state index is 0.152. The van der Waals surface area contributed by atoms with Crippen molar-refractivity contribution in [1.82, 2.24) is 0 Å². The van der Waals surface area contributed by atoms with Crippen LogP contribution in [0.1, 0.15) is 63.4 Å². The molecule has 3 nitrogen and oxygen atoms in total. The van der Waals surface area contributed by atoms with Gasteiger partial charge in [0.25, 0.3) is 0 Å². The van der Waals surface area contributed by atoms with E-state index in [0.717, 1.165) is 25.7 Å². The number of hydrogen-bond donors (Lipinski definition) is 1. The van der Waals surface area contributed by atoms with Crippen molar-refractivity contribution in [2.24, 2.45) is 39.8 Å². The highest BCUT2D eigenvalue weighted by Gasteiger charge is 2.62. The lowest BCUT2D eigenvalue weighted by Gasteiger charge is -2.64. The van der Waals surface area contributed by atoms with Gasteiger partial charge in [0.2, 0.25) is 5.91 Å². The van der Waals surface area contributed by atoms with Gasteiger partial charge in [0.1, 0.15) is 0 Å². The van der Waals surface area contributed by atoms with Crippen molar-refractivity contribution in [2.75, 3.05) is 12.0 Å². The van der Waals surface area contributed by atoms with E-state index in [1.54, 1.807) is 0 Å². The Bertz CT molecular complexity index is 783. The molecule has 5 saturated carbocycles. The van der Waals surface area contributed by atoms with Gasteiger partial charge in [0.05, 0.1) is 0 Å². The Kier molecular flexibility index (Phi) is 5.60. The van der Waals surface area contributed by atoms with E-state index in [1.165, 1.54) is 43.4 Å². The van der Waals surface area contributed by atoms with E-state index in [4.69, 9.17) is 5.73 Å². The van der Waals surface area contributed by atoms with Crippen LogP contribution in [0.3, 0.4) is 0 Å². The van der Waals surface area contributed by atoms with Gasteiger partial charge < -0.3 is 5.73 Å². The van der Waals surface area contributed by atoms with Crippen molar-refractivity contribution >= 4 is 23.9 Å². The lowest BCUT2D eigenvalue weighted by Crippen LogP contribution is -2.59. The van der Waals surface area contributed by atoms with Gasteiger partial charge in [-0.15, -0.1) is 0 Å². The Labute approximate surface area is 185 Å². The van der Waals surface area contributed by atoms with Crippen LogP contribution in [0.5, 0.6) is 0 Å². The fraction of sp³-hybridized carbons (Fsp3) is 0.692. The van der Waals surface area contributed by atoms with E-state index in [1.807, 2.05) is 18.0 Å². The van der Waals surface area contributed by atoms with Crippen molar-refractivity contribution in [2.45, 2.75) is 69.2 Å². The number of aliphatic imine (C=N–C) groups is 1. The number of carbonyl (C=O) groups is 1. The van der Waals surface area contributed by atoms with E-state index in [9.17, 15) is 4.79 Å². The van der Waals surface area contributed by atoms with Crippen LogP contribution in [0.25, 0.3) is 0 Å². The van der Waals surface area contributed by atoms with E-state index in [0.29, 0.717) is 29.2 Å². The average Bonchev–Trinajstić information content (AvgIpc) is 2.73. The summed E-state index contributed by atoms with van der Waals surface area (Å²) in [4.78, 5) is 17.9. The summed E-state index contributed by atoms with van der Waals surface area (Å²) < 4.78 is 0. The number of carbonyl (C=O) groups excluding carboxylic acids is 1. The van der Waals surface area contributed by atoms with Crippen molar-refractivity contribution in [3.63, 3.8) is 0 Å². The van der Waals surface area contributed by atoms with E-state index < -0.39 is 0 Å². The zero-order valence-corrected chi connectivity index (χ0v) is 19.1. The molecule has 2 atom stereocenters. The zero-order valence-electron chi connectivity index (χ0n) is 18.3. The topological polar surface area (TPSA) is 55.5 Å². The van der Waals surface area contributed by atoms with Crippen LogP contribution in [-0.2, 0) is 10.2 Å². The molecule has 6 rings (SSSR count). The van der Waals surface area contributed by atoms with Gasteiger partial charge in [0, 0.05) is 18.2 Å². The second-order valence-corrected chi connectivity index (χ2v) is 11.8. The second-order valence-electron chi connectivity index (χ2n) is 10.9. The minimum atomic E-state index is 0.152. The SMILES string of the molecule is CSCC12CC3CC(c4ccccc4)(CC(C1)C3C(=O)N=CC1CCC(N)CC1)C2.